The number of hydrogen-bond acceptors (Lipinski definition) is 1. The number of nitrogens with one attached hydrogen (secondary N) is 1. The molecule has 2 aromatic carbocycles. The summed E-state index contributed by atoms with van der Waals surface area (Å²) < 4.78 is 54.4. The molecule has 1 heterocycles. The maximum absolute atomic E-state index is 13.4. The second-order valence-electron chi connectivity index (χ2n) is 7.54. The molecule has 0 aliphatic rings. The molecule has 1 aromatic heterocycles. The van der Waals surface area contributed by atoms with Crippen LogP contribution in [0.5, 0.6) is 0 Å². The minimum absolute atomic E-state index is 0.249. The Morgan fingerprint density at radius 3 is 2.56 bits per heavy atom. The zero-order valence-corrected chi connectivity index (χ0v) is 17.7. The molecule has 1 N–H and O–H groups in total. The molecule has 3 rings (SSSR count). The SMILES string of the molecule is CCCCN(Cc1cccn1Cc1cccc(C(F)(F)F)c1)C(=O)Nc1cccc(F)c1. The van der Waals surface area contributed by atoms with Gasteiger partial charge < -0.3 is 14.8 Å². The van der Waals surface area contributed by atoms with Gasteiger partial charge in [-0.25, -0.2) is 9.18 Å². The first-order valence-electron chi connectivity index (χ1n) is 10.4. The Labute approximate surface area is 184 Å². The summed E-state index contributed by atoms with van der Waals surface area (Å²) in [5.41, 5.74) is 0.966. The summed E-state index contributed by atoms with van der Waals surface area (Å²) in [4.78, 5) is 14.5. The van der Waals surface area contributed by atoms with Crippen LogP contribution in [0.15, 0.2) is 66.9 Å². The molecule has 0 saturated carbocycles. The van der Waals surface area contributed by atoms with Gasteiger partial charge in [0, 0.05) is 30.7 Å². The third-order valence-electron chi connectivity index (χ3n) is 5.03. The number of aromatic nitrogens is 1. The van der Waals surface area contributed by atoms with Crippen LogP contribution in [0.4, 0.5) is 28.0 Å². The van der Waals surface area contributed by atoms with E-state index < -0.39 is 17.6 Å². The van der Waals surface area contributed by atoms with E-state index >= 15 is 0 Å². The summed E-state index contributed by atoms with van der Waals surface area (Å²) >= 11 is 0. The first kappa shape index (κ1) is 23.4. The molecule has 32 heavy (non-hydrogen) atoms. The molecule has 0 spiro atoms. The van der Waals surface area contributed by atoms with Crippen molar-refractivity contribution in [2.75, 3.05) is 11.9 Å². The van der Waals surface area contributed by atoms with E-state index in [9.17, 15) is 22.4 Å². The monoisotopic (exact) mass is 447 g/mol. The van der Waals surface area contributed by atoms with Gasteiger partial charge in [-0.3, -0.25) is 0 Å². The maximum Gasteiger partial charge on any atom is 0.416 e. The van der Waals surface area contributed by atoms with Gasteiger partial charge in [-0.2, -0.15) is 13.2 Å². The number of alkyl halides is 3. The number of carbonyl (C=O) groups is 1. The van der Waals surface area contributed by atoms with Crippen LogP contribution in [-0.4, -0.2) is 22.0 Å². The number of anilines is 1. The van der Waals surface area contributed by atoms with Gasteiger partial charge in [-0.05, 0) is 54.4 Å². The molecule has 170 valence electrons. The normalized spacial score (nSPS) is 11.4. The lowest BCUT2D eigenvalue weighted by atomic mass is 10.1. The lowest BCUT2D eigenvalue weighted by Crippen LogP contribution is -2.36. The summed E-state index contributed by atoms with van der Waals surface area (Å²) in [5, 5.41) is 2.71. The van der Waals surface area contributed by atoms with Crippen LogP contribution in [-0.2, 0) is 19.3 Å². The molecule has 0 saturated heterocycles. The topological polar surface area (TPSA) is 37.3 Å². The van der Waals surface area contributed by atoms with Crippen LogP contribution in [0, 0.1) is 5.82 Å². The van der Waals surface area contributed by atoms with E-state index in [1.807, 2.05) is 17.6 Å². The van der Waals surface area contributed by atoms with Crippen LogP contribution in [0.3, 0.4) is 0 Å². The first-order valence-corrected chi connectivity index (χ1v) is 10.4. The molecule has 0 atom stereocenters. The number of halogens is 4. The van der Waals surface area contributed by atoms with Gasteiger partial charge in [-0.15, -0.1) is 0 Å². The van der Waals surface area contributed by atoms with E-state index in [4.69, 9.17) is 0 Å². The van der Waals surface area contributed by atoms with Crippen LogP contribution >= 0.6 is 0 Å². The van der Waals surface area contributed by atoms with Crippen molar-refractivity contribution in [2.24, 2.45) is 0 Å². The van der Waals surface area contributed by atoms with Crippen molar-refractivity contribution in [3.63, 3.8) is 0 Å². The number of amides is 2. The fourth-order valence-corrected chi connectivity index (χ4v) is 3.36. The predicted octanol–water partition coefficient (Wildman–Crippen LogP) is 6.53. The van der Waals surface area contributed by atoms with Crippen molar-refractivity contribution in [1.29, 1.82) is 0 Å². The van der Waals surface area contributed by atoms with E-state index in [-0.39, 0.29) is 19.1 Å². The molecular formula is C24H25F4N3O. The molecule has 8 heteroatoms. The summed E-state index contributed by atoms with van der Waals surface area (Å²) in [6, 6.07) is 14.1. The van der Waals surface area contributed by atoms with Crippen molar-refractivity contribution >= 4 is 11.7 Å². The second kappa shape index (κ2) is 10.3. The molecule has 2 amide bonds. The zero-order chi connectivity index (χ0) is 23.1. The molecular weight excluding hydrogens is 422 g/mol. The fourth-order valence-electron chi connectivity index (χ4n) is 3.36. The smallest absolute Gasteiger partial charge is 0.345 e. The summed E-state index contributed by atoms with van der Waals surface area (Å²) in [5.74, 6) is -0.446. The lowest BCUT2D eigenvalue weighted by molar-refractivity contribution is -0.137. The quantitative estimate of drug-likeness (QED) is 0.392. The van der Waals surface area contributed by atoms with Gasteiger partial charge in [-0.1, -0.05) is 31.5 Å². The maximum atomic E-state index is 13.4. The number of hydrogen-bond donors (Lipinski definition) is 1. The Hall–Kier alpha value is -3.29. The Morgan fingerprint density at radius 2 is 1.84 bits per heavy atom. The number of urea groups is 1. The highest BCUT2D eigenvalue weighted by atomic mass is 19.4. The largest absolute Gasteiger partial charge is 0.416 e. The van der Waals surface area contributed by atoms with E-state index in [0.29, 0.717) is 17.8 Å². The molecule has 0 aliphatic carbocycles. The first-order chi connectivity index (χ1) is 15.3. The molecule has 0 radical (unpaired) electrons. The fraction of sp³-hybridized carbons (Fsp3) is 0.292. The lowest BCUT2D eigenvalue weighted by Gasteiger charge is -2.24. The number of carbonyl (C=O) groups excluding carboxylic acids is 1. The average Bonchev–Trinajstić information content (AvgIpc) is 3.17. The second-order valence-corrected chi connectivity index (χ2v) is 7.54. The summed E-state index contributed by atoms with van der Waals surface area (Å²) in [6.07, 6.45) is -0.959. The van der Waals surface area contributed by atoms with Crippen LogP contribution in [0.25, 0.3) is 0 Å². The standard InChI is InChI=1S/C24H25F4N3O/c1-2-3-12-31(23(32)29-21-10-5-9-20(25)15-21)17-22-11-6-13-30(22)16-18-7-4-8-19(14-18)24(26,27)28/h4-11,13-15H,2-3,12,16-17H2,1H3,(H,29,32). The Bertz CT molecular complexity index is 1050. The van der Waals surface area contributed by atoms with Gasteiger partial charge in [0.2, 0.25) is 0 Å². The van der Waals surface area contributed by atoms with Gasteiger partial charge in [0.25, 0.3) is 0 Å². The Morgan fingerprint density at radius 1 is 1.06 bits per heavy atom. The Balaban J connectivity index is 1.75. The molecule has 0 unspecified atom stereocenters. The van der Waals surface area contributed by atoms with E-state index in [1.165, 1.54) is 24.3 Å². The zero-order valence-electron chi connectivity index (χ0n) is 17.7. The van der Waals surface area contributed by atoms with Crippen molar-refractivity contribution in [2.45, 2.75) is 39.0 Å². The van der Waals surface area contributed by atoms with Gasteiger partial charge in [0.05, 0.1) is 12.1 Å². The van der Waals surface area contributed by atoms with E-state index in [2.05, 4.69) is 5.32 Å². The van der Waals surface area contributed by atoms with Crippen LogP contribution in [0.2, 0.25) is 0 Å². The highest BCUT2D eigenvalue weighted by Gasteiger charge is 2.30. The van der Waals surface area contributed by atoms with E-state index in [0.717, 1.165) is 30.7 Å². The number of benzene rings is 2. The van der Waals surface area contributed by atoms with E-state index in [1.54, 1.807) is 29.3 Å². The third kappa shape index (κ3) is 6.35. The van der Waals surface area contributed by atoms with Crippen LogP contribution in [0.1, 0.15) is 36.6 Å². The van der Waals surface area contributed by atoms with Crippen molar-refractivity contribution in [3.8, 4) is 0 Å². The molecule has 3 aromatic rings. The minimum Gasteiger partial charge on any atom is -0.345 e. The number of nitrogens with zero attached hydrogens (tertiary/aromatic N) is 2. The number of unbranched alkanes of at least 4 members (excludes halogenated alkanes) is 1. The van der Waals surface area contributed by atoms with Gasteiger partial charge >= 0.3 is 12.2 Å². The Kier molecular flexibility index (Phi) is 7.56. The molecule has 0 bridgehead atoms. The third-order valence-corrected chi connectivity index (χ3v) is 5.03. The number of rotatable bonds is 8. The van der Waals surface area contributed by atoms with Crippen molar-refractivity contribution < 1.29 is 22.4 Å². The summed E-state index contributed by atoms with van der Waals surface area (Å²) in [6.45, 7) is 3.03. The van der Waals surface area contributed by atoms with Crippen molar-refractivity contribution in [3.05, 3.63) is 89.5 Å². The average molecular weight is 447 g/mol. The summed E-state index contributed by atoms with van der Waals surface area (Å²) in [7, 11) is 0. The molecule has 0 aliphatic heterocycles. The highest BCUT2D eigenvalue weighted by Crippen LogP contribution is 2.29. The molecule has 0 fully saturated rings. The van der Waals surface area contributed by atoms with Gasteiger partial charge in [0.1, 0.15) is 5.82 Å². The van der Waals surface area contributed by atoms with Crippen molar-refractivity contribution in [1.82, 2.24) is 9.47 Å². The van der Waals surface area contributed by atoms with Gasteiger partial charge in [0.15, 0.2) is 0 Å². The molecule has 4 nitrogen and oxygen atoms in total. The predicted molar refractivity (Wildman–Crippen MR) is 116 cm³/mol. The van der Waals surface area contributed by atoms with Crippen LogP contribution < -0.4 is 5.32 Å². The highest BCUT2D eigenvalue weighted by molar-refractivity contribution is 5.89. The minimum atomic E-state index is -4.40.